The van der Waals surface area contributed by atoms with Crippen LogP contribution in [0.2, 0.25) is 0 Å². The number of aromatic nitrogens is 3. The third kappa shape index (κ3) is 5.56. The minimum Gasteiger partial charge on any atom is -0.475 e. The highest BCUT2D eigenvalue weighted by Gasteiger charge is 2.44. The van der Waals surface area contributed by atoms with Crippen molar-refractivity contribution in [3.05, 3.63) is 54.4 Å². The zero-order valence-corrected chi connectivity index (χ0v) is 16.8. The summed E-state index contributed by atoms with van der Waals surface area (Å²) in [7, 11) is 0. The monoisotopic (exact) mass is 451 g/mol. The normalized spacial score (nSPS) is 20.3. The number of hydrogen-bond donors (Lipinski definition) is 1. The van der Waals surface area contributed by atoms with Crippen molar-refractivity contribution in [1.82, 2.24) is 24.8 Å². The number of fused-ring (bicyclic) bond motifs is 1. The molecule has 1 N–H and O–H groups in total. The Morgan fingerprint density at radius 3 is 2.44 bits per heavy atom. The highest BCUT2D eigenvalue weighted by molar-refractivity contribution is 5.93. The Bertz CT molecular complexity index is 959. The van der Waals surface area contributed by atoms with E-state index in [4.69, 9.17) is 9.90 Å². The topological polar surface area (TPSA) is 117 Å². The minimum absolute atomic E-state index is 0.119. The molecular formula is C20H20F3N5O4. The molecule has 170 valence electrons. The van der Waals surface area contributed by atoms with Crippen molar-refractivity contribution in [2.75, 3.05) is 19.6 Å². The number of nitrogens with zero attached hydrogens (tertiary/aromatic N) is 5. The zero-order chi connectivity index (χ0) is 23.3. The van der Waals surface area contributed by atoms with E-state index in [0.29, 0.717) is 25.3 Å². The lowest BCUT2D eigenvalue weighted by molar-refractivity contribution is -0.192. The number of pyridine rings is 1. The number of hydrogen-bond acceptors (Lipinski definition) is 6. The number of halogens is 3. The molecule has 0 spiro atoms. The van der Waals surface area contributed by atoms with Gasteiger partial charge in [0.15, 0.2) is 0 Å². The summed E-state index contributed by atoms with van der Waals surface area (Å²) in [5.74, 6) is -2.65. The third-order valence-corrected chi connectivity index (χ3v) is 5.25. The number of carbonyl (C=O) groups excluding carboxylic acids is 2. The van der Waals surface area contributed by atoms with Crippen LogP contribution >= 0.6 is 0 Å². The second kappa shape index (κ2) is 9.71. The van der Waals surface area contributed by atoms with Gasteiger partial charge in [-0.2, -0.15) is 13.2 Å². The van der Waals surface area contributed by atoms with E-state index in [1.165, 1.54) is 12.4 Å². The highest BCUT2D eigenvalue weighted by atomic mass is 19.4. The second-order valence-corrected chi connectivity index (χ2v) is 7.38. The van der Waals surface area contributed by atoms with Gasteiger partial charge in [0.05, 0.1) is 12.1 Å². The lowest BCUT2D eigenvalue weighted by Gasteiger charge is -2.33. The highest BCUT2D eigenvalue weighted by Crippen LogP contribution is 2.33. The summed E-state index contributed by atoms with van der Waals surface area (Å²) in [6.45, 7) is 2.38. The largest absolute Gasteiger partial charge is 0.490 e. The Morgan fingerprint density at radius 2 is 1.84 bits per heavy atom. The Kier molecular flexibility index (Phi) is 7.01. The first-order chi connectivity index (χ1) is 15.2. The number of likely N-dealkylation sites (tertiary alicyclic amines) is 2. The van der Waals surface area contributed by atoms with Crippen molar-refractivity contribution in [2.24, 2.45) is 11.8 Å². The molecule has 0 aliphatic carbocycles. The lowest BCUT2D eigenvalue weighted by Crippen LogP contribution is -2.44. The molecule has 2 fully saturated rings. The maximum absolute atomic E-state index is 12.9. The average Bonchev–Trinajstić information content (AvgIpc) is 3.21. The molecule has 12 heteroatoms. The Morgan fingerprint density at radius 1 is 1.12 bits per heavy atom. The van der Waals surface area contributed by atoms with Gasteiger partial charge in [0.1, 0.15) is 5.69 Å². The first-order valence-electron chi connectivity index (χ1n) is 9.70. The van der Waals surface area contributed by atoms with E-state index in [9.17, 15) is 22.8 Å². The number of alkyl halides is 3. The molecule has 2 aliphatic rings. The first kappa shape index (κ1) is 23.1. The van der Waals surface area contributed by atoms with Gasteiger partial charge in [-0.3, -0.25) is 19.6 Å². The molecule has 0 aromatic carbocycles. The summed E-state index contributed by atoms with van der Waals surface area (Å²) in [4.78, 5) is 50.1. The molecule has 9 nitrogen and oxygen atoms in total. The van der Waals surface area contributed by atoms with Gasteiger partial charge in [-0.15, -0.1) is 0 Å². The molecule has 2 unspecified atom stereocenters. The van der Waals surface area contributed by atoms with Gasteiger partial charge in [0.2, 0.25) is 5.91 Å². The molecule has 2 aromatic heterocycles. The molecule has 32 heavy (non-hydrogen) atoms. The predicted octanol–water partition coefficient (Wildman–Crippen LogP) is 1.63. The van der Waals surface area contributed by atoms with Crippen LogP contribution in [0.3, 0.4) is 0 Å². The van der Waals surface area contributed by atoms with Crippen LogP contribution in [0.25, 0.3) is 0 Å². The first-order valence-corrected chi connectivity index (χ1v) is 9.70. The van der Waals surface area contributed by atoms with Gasteiger partial charge in [-0.05, 0) is 24.0 Å². The molecule has 2 saturated heterocycles. The summed E-state index contributed by atoms with van der Waals surface area (Å²) >= 11 is 0. The van der Waals surface area contributed by atoms with Crippen LogP contribution in [-0.2, 0) is 16.1 Å². The number of carbonyl (C=O) groups is 3. The van der Waals surface area contributed by atoms with E-state index >= 15 is 0 Å². The summed E-state index contributed by atoms with van der Waals surface area (Å²) in [6.07, 6.45) is 3.88. The number of amides is 2. The standard InChI is InChI=1S/C18H19N5O2.C2HF3O2/c24-17-15-12-23(18(25)16-9-20-5-6-21-16)11-14(15)3-7-22(17)10-13-2-1-4-19-8-13;3-2(4,5)1(6)7/h1-2,4-6,8-9,14-15H,3,7,10-12H2;(H,6,7). The molecule has 4 heterocycles. The fourth-order valence-electron chi connectivity index (χ4n) is 3.72. The van der Waals surface area contributed by atoms with Crippen molar-refractivity contribution < 1.29 is 32.7 Å². The fraction of sp³-hybridized carbons (Fsp3) is 0.400. The van der Waals surface area contributed by atoms with Gasteiger partial charge in [0.25, 0.3) is 5.91 Å². The summed E-state index contributed by atoms with van der Waals surface area (Å²) < 4.78 is 31.7. The van der Waals surface area contributed by atoms with Crippen LogP contribution in [0.1, 0.15) is 22.5 Å². The van der Waals surface area contributed by atoms with E-state index in [0.717, 1.165) is 18.5 Å². The molecule has 2 aromatic rings. The van der Waals surface area contributed by atoms with Crippen molar-refractivity contribution in [3.63, 3.8) is 0 Å². The number of rotatable bonds is 3. The van der Waals surface area contributed by atoms with Crippen molar-refractivity contribution in [1.29, 1.82) is 0 Å². The maximum Gasteiger partial charge on any atom is 0.490 e. The molecule has 2 aliphatic heterocycles. The average molecular weight is 451 g/mol. The van der Waals surface area contributed by atoms with Crippen LogP contribution in [0, 0.1) is 11.8 Å². The van der Waals surface area contributed by atoms with Crippen molar-refractivity contribution in [3.8, 4) is 0 Å². The fourth-order valence-corrected chi connectivity index (χ4v) is 3.72. The Labute approximate surface area is 180 Å². The molecule has 0 saturated carbocycles. The van der Waals surface area contributed by atoms with Gasteiger partial charge < -0.3 is 14.9 Å². The number of piperidine rings is 1. The predicted molar refractivity (Wildman–Crippen MR) is 103 cm³/mol. The molecule has 2 amide bonds. The van der Waals surface area contributed by atoms with Crippen LogP contribution in [-0.4, -0.2) is 73.5 Å². The van der Waals surface area contributed by atoms with E-state index in [1.807, 2.05) is 17.0 Å². The number of carboxylic acid groups (broad SMARTS) is 1. The molecule has 4 rings (SSSR count). The van der Waals surface area contributed by atoms with Crippen molar-refractivity contribution in [2.45, 2.75) is 19.1 Å². The third-order valence-electron chi connectivity index (χ3n) is 5.25. The van der Waals surface area contributed by atoms with Gasteiger partial charge in [-0.25, -0.2) is 9.78 Å². The van der Waals surface area contributed by atoms with Crippen LogP contribution in [0.15, 0.2) is 43.1 Å². The lowest BCUT2D eigenvalue weighted by atomic mass is 9.88. The number of carboxylic acids is 1. The van der Waals surface area contributed by atoms with E-state index in [2.05, 4.69) is 15.0 Å². The summed E-state index contributed by atoms with van der Waals surface area (Å²) in [6, 6.07) is 3.86. The van der Waals surface area contributed by atoms with E-state index in [-0.39, 0.29) is 23.7 Å². The Balaban J connectivity index is 0.000000360. The van der Waals surface area contributed by atoms with Crippen LogP contribution < -0.4 is 0 Å². The molecule has 0 bridgehead atoms. The summed E-state index contributed by atoms with van der Waals surface area (Å²) in [5, 5.41) is 7.12. The van der Waals surface area contributed by atoms with Crippen LogP contribution in [0.4, 0.5) is 13.2 Å². The second-order valence-electron chi connectivity index (χ2n) is 7.38. The molecule has 0 radical (unpaired) electrons. The van der Waals surface area contributed by atoms with Gasteiger partial charge >= 0.3 is 12.1 Å². The van der Waals surface area contributed by atoms with Gasteiger partial charge in [0, 0.05) is 51.0 Å². The SMILES string of the molecule is O=C(O)C(F)(F)F.O=C(c1cnccn1)N1CC2CCN(Cc3cccnc3)C(=O)C2C1. The van der Waals surface area contributed by atoms with Gasteiger partial charge in [-0.1, -0.05) is 6.07 Å². The minimum atomic E-state index is -5.08. The van der Waals surface area contributed by atoms with E-state index in [1.54, 1.807) is 23.5 Å². The quantitative estimate of drug-likeness (QED) is 0.754. The van der Waals surface area contributed by atoms with E-state index < -0.39 is 12.1 Å². The smallest absolute Gasteiger partial charge is 0.475 e. The van der Waals surface area contributed by atoms with Crippen molar-refractivity contribution >= 4 is 17.8 Å². The number of aliphatic carboxylic acids is 1. The van der Waals surface area contributed by atoms with Crippen LogP contribution in [0.5, 0.6) is 0 Å². The molecule has 2 atom stereocenters. The summed E-state index contributed by atoms with van der Waals surface area (Å²) in [5.41, 5.74) is 1.36. The Hall–Kier alpha value is -3.57. The molecular weight excluding hydrogens is 431 g/mol. The zero-order valence-electron chi connectivity index (χ0n) is 16.8. The maximum atomic E-state index is 12.9.